The lowest BCUT2D eigenvalue weighted by Gasteiger charge is -2.08. The van der Waals surface area contributed by atoms with Crippen molar-refractivity contribution in [2.45, 2.75) is 19.8 Å². The number of methoxy groups -OCH3 is 1. The first-order valence-electron chi connectivity index (χ1n) is 6.40. The van der Waals surface area contributed by atoms with Crippen LogP contribution in [0, 0.1) is 0 Å². The fourth-order valence-corrected chi connectivity index (χ4v) is 1.99. The first-order chi connectivity index (χ1) is 9.11. The van der Waals surface area contributed by atoms with E-state index in [1.54, 1.807) is 12.1 Å². The molecule has 19 heavy (non-hydrogen) atoms. The molecule has 0 spiro atoms. The van der Waals surface area contributed by atoms with Crippen molar-refractivity contribution in [3.63, 3.8) is 0 Å². The van der Waals surface area contributed by atoms with Crippen molar-refractivity contribution in [1.82, 2.24) is 0 Å². The van der Waals surface area contributed by atoms with Gasteiger partial charge in [-0.15, -0.1) is 0 Å². The molecule has 0 heterocycles. The molecule has 0 aliphatic heterocycles. The number of carbonyl (C=O) groups is 1. The Morgan fingerprint density at radius 3 is 2.26 bits per heavy atom. The molecule has 0 saturated carbocycles. The van der Waals surface area contributed by atoms with E-state index in [0.717, 1.165) is 5.56 Å². The second-order valence-corrected chi connectivity index (χ2v) is 4.85. The Kier molecular flexibility index (Phi) is 4.00. The summed E-state index contributed by atoms with van der Waals surface area (Å²) in [4.78, 5) is 11.4. The molecule has 0 unspecified atom stereocenters. The zero-order valence-electron chi connectivity index (χ0n) is 11.5. The van der Waals surface area contributed by atoms with Crippen LogP contribution in [0.3, 0.4) is 0 Å². The monoisotopic (exact) mass is 254 g/mol. The first kappa shape index (κ1) is 13.3. The fraction of sp³-hybridized carbons (Fsp3) is 0.235. The van der Waals surface area contributed by atoms with Crippen molar-refractivity contribution >= 4 is 5.97 Å². The number of carbonyl (C=O) groups excluding carboxylic acids is 1. The topological polar surface area (TPSA) is 26.3 Å². The van der Waals surface area contributed by atoms with Gasteiger partial charge in [-0.2, -0.15) is 0 Å². The number of hydrogen-bond donors (Lipinski definition) is 0. The summed E-state index contributed by atoms with van der Waals surface area (Å²) in [7, 11) is 1.39. The number of rotatable bonds is 3. The summed E-state index contributed by atoms with van der Waals surface area (Å²) in [6.07, 6.45) is 0. The van der Waals surface area contributed by atoms with E-state index in [-0.39, 0.29) is 5.97 Å². The van der Waals surface area contributed by atoms with Crippen molar-refractivity contribution in [3.8, 4) is 11.1 Å². The fourth-order valence-electron chi connectivity index (χ4n) is 1.99. The van der Waals surface area contributed by atoms with E-state index in [0.29, 0.717) is 11.5 Å². The maximum atomic E-state index is 11.4. The van der Waals surface area contributed by atoms with Gasteiger partial charge in [0.1, 0.15) is 0 Å². The van der Waals surface area contributed by atoms with Gasteiger partial charge in [0.25, 0.3) is 0 Å². The van der Waals surface area contributed by atoms with E-state index in [9.17, 15) is 4.79 Å². The predicted octanol–water partition coefficient (Wildman–Crippen LogP) is 4.26. The quantitative estimate of drug-likeness (QED) is 0.765. The summed E-state index contributed by atoms with van der Waals surface area (Å²) in [5, 5.41) is 0. The molecule has 0 fully saturated rings. The standard InChI is InChI=1S/C17H18O2/c1-12(2)15-5-4-6-16(11-15)13-7-9-14(10-8-13)17(18)19-3/h4-12H,1-3H3. The van der Waals surface area contributed by atoms with E-state index in [2.05, 4.69) is 38.1 Å². The lowest BCUT2D eigenvalue weighted by Crippen LogP contribution is -2.00. The Bertz CT molecular complexity index is 568. The van der Waals surface area contributed by atoms with Crippen LogP contribution in [0.25, 0.3) is 11.1 Å². The summed E-state index contributed by atoms with van der Waals surface area (Å²) in [6.45, 7) is 4.36. The second-order valence-electron chi connectivity index (χ2n) is 4.85. The van der Waals surface area contributed by atoms with Crippen molar-refractivity contribution in [2.24, 2.45) is 0 Å². The lowest BCUT2D eigenvalue weighted by atomic mass is 9.97. The highest BCUT2D eigenvalue weighted by Gasteiger charge is 2.06. The highest BCUT2D eigenvalue weighted by molar-refractivity contribution is 5.89. The average molecular weight is 254 g/mol. The molecule has 0 aliphatic rings. The third-order valence-electron chi connectivity index (χ3n) is 3.19. The van der Waals surface area contributed by atoms with Crippen molar-refractivity contribution in [3.05, 3.63) is 59.7 Å². The molecule has 0 radical (unpaired) electrons. The van der Waals surface area contributed by atoms with E-state index in [1.807, 2.05) is 12.1 Å². The van der Waals surface area contributed by atoms with E-state index in [1.165, 1.54) is 18.2 Å². The molecule has 0 aromatic heterocycles. The van der Waals surface area contributed by atoms with Crippen LogP contribution in [0.2, 0.25) is 0 Å². The molecular formula is C17H18O2. The molecule has 2 rings (SSSR count). The van der Waals surface area contributed by atoms with Crippen LogP contribution < -0.4 is 0 Å². The third-order valence-corrected chi connectivity index (χ3v) is 3.19. The van der Waals surface area contributed by atoms with Crippen LogP contribution in [0.1, 0.15) is 35.7 Å². The second kappa shape index (κ2) is 5.70. The van der Waals surface area contributed by atoms with E-state index in [4.69, 9.17) is 4.74 Å². The number of esters is 1. The predicted molar refractivity (Wildman–Crippen MR) is 77.3 cm³/mol. The normalized spacial score (nSPS) is 10.5. The Labute approximate surface area is 114 Å². The summed E-state index contributed by atoms with van der Waals surface area (Å²) in [5.74, 6) is 0.205. The van der Waals surface area contributed by atoms with Gasteiger partial charge in [-0.1, -0.05) is 50.2 Å². The summed E-state index contributed by atoms with van der Waals surface area (Å²) < 4.78 is 4.69. The van der Waals surface area contributed by atoms with Crippen molar-refractivity contribution < 1.29 is 9.53 Å². The molecule has 2 heteroatoms. The van der Waals surface area contributed by atoms with Gasteiger partial charge in [0.05, 0.1) is 12.7 Å². The number of hydrogen-bond acceptors (Lipinski definition) is 2. The minimum atomic E-state index is -0.303. The molecule has 2 aromatic rings. The first-order valence-corrected chi connectivity index (χ1v) is 6.40. The van der Waals surface area contributed by atoms with E-state index >= 15 is 0 Å². The molecule has 2 aromatic carbocycles. The van der Waals surface area contributed by atoms with Gasteiger partial charge in [-0.3, -0.25) is 0 Å². The maximum absolute atomic E-state index is 11.4. The molecular weight excluding hydrogens is 236 g/mol. The molecule has 0 bridgehead atoms. The zero-order valence-corrected chi connectivity index (χ0v) is 11.5. The smallest absolute Gasteiger partial charge is 0.337 e. The van der Waals surface area contributed by atoms with Crippen LogP contribution in [0.4, 0.5) is 0 Å². The largest absolute Gasteiger partial charge is 0.465 e. The summed E-state index contributed by atoms with van der Waals surface area (Å²) >= 11 is 0. The third kappa shape index (κ3) is 3.02. The van der Waals surface area contributed by atoms with E-state index < -0.39 is 0 Å². The van der Waals surface area contributed by atoms with Crippen LogP contribution in [0.5, 0.6) is 0 Å². The van der Waals surface area contributed by atoms with Gasteiger partial charge < -0.3 is 4.74 Å². The highest BCUT2D eigenvalue weighted by Crippen LogP contribution is 2.24. The number of ether oxygens (including phenoxy) is 1. The lowest BCUT2D eigenvalue weighted by molar-refractivity contribution is 0.0601. The van der Waals surface area contributed by atoms with Crippen molar-refractivity contribution in [2.75, 3.05) is 7.11 Å². The van der Waals surface area contributed by atoms with Gasteiger partial charge in [0.15, 0.2) is 0 Å². The highest BCUT2D eigenvalue weighted by atomic mass is 16.5. The Morgan fingerprint density at radius 1 is 1.00 bits per heavy atom. The number of benzene rings is 2. The van der Waals surface area contributed by atoms with Gasteiger partial charge in [-0.25, -0.2) is 4.79 Å². The maximum Gasteiger partial charge on any atom is 0.337 e. The van der Waals surface area contributed by atoms with Crippen LogP contribution in [-0.4, -0.2) is 13.1 Å². The van der Waals surface area contributed by atoms with Crippen LogP contribution in [0.15, 0.2) is 48.5 Å². The van der Waals surface area contributed by atoms with Crippen molar-refractivity contribution in [1.29, 1.82) is 0 Å². The SMILES string of the molecule is COC(=O)c1ccc(-c2cccc(C(C)C)c2)cc1. The van der Waals surface area contributed by atoms with Gasteiger partial charge in [-0.05, 0) is 34.7 Å². The van der Waals surface area contributed by atoms with Crippen LogP contribution in [-0.2, 0) is 4.74 Å². The molecule has 0 saturated heterocycles. The van der Waals surface area contributed by atoms with Gasteiger partial charge >= 0.3 is 5.97 Å². The minimum absolute atomic E-state index is 0.303. The Hall–Kier alpha value is -2.09. The van der Waals surface area contributed by atoms with Crippen LogP contribution >= 0.6 is 0 Å². The summed E-state index contributed by atoms with van der Waals surface area (Å²) in [5.41, 5.74) is 4.17. The molecule has 0 amide bonds. The Balaban J connectivity index is 2.32. The Morgan fingerprint density at radius 2 is 1.68 bits per heavy atom. The molecule has 0 N–H and O–H groups in total. The summed E-state index contributed by atoms with van der Waals surface area (Å²) in [6, 6.07) is 16.0. The average Bonchev–Trinajstić information content (AvgIpc) is 2.46. The van der Waals surface area contributed by atoms with Gasteiger partial charge in [0, 0.05) is 0 Å². The van der Waals surface area contributed by atoms with Gasteiger partial charge in [0.2, 0.25) is 0 Å². The minimum Gasteiger partial charge on any atom is -0.465 e. The molecule has 2 nitrogen and oxygen atoms in total. The molecule has 0 aliphatic carbocycles. The molecule has 0 atom stereocenters. The molecule has 98 valence electrons. The zero-order chi connectivity index (χ0) is 13.8.